The van der Waals surface area contributed by atoms with Gasteiger partial charge in [0.15, 0.2) is 0 Å². The number of hydrogen-bond acceptors (Lipinski definition) is 3. The molecular weight excluding hydrogens is 312 g/mol. The minimum atomic E-state index is -3.03. The van der Waals surface area contributed by atoms with Gasteiger partial charge >= 0.3 is 6.03 Å². The average molecular weight is 331 g/mol. The van der Waals surface area contributed by atoms with Crippen molar-refractivity contribution in [3.8, 4) is 0 Å². The molecule has 21 heavy (non-hydrogen) atoms. The van der Waals surface area contributed by atoms with Crippen LogP contribution in [-0.2, 0) is 9.84 Å². The van der Waals surface area contributed by atoms with Crippen LogP contribution in [-0.4, -0.2) is 33.0 Å². The van der Waals surface area contributed by atoms with Crippen molar-refractivity contribution in [1.82, 2.24) is 5.32 Å². The van der Waals surface area contributed by atoms with Gasteiger partial charge in [-0.1, -0.05) is 23.7 Å². The van der Waals surface area contributed by atoms with Gasteiger partial charge < -0.3 is 10.6 Å². The maximum absolute atomic E-state index is 11.9. The smallest absolute Gasteiger partial charge is 0.319 e. The summed E-state index contributed by atoms with van der Waals surface area (Å²) < 4.78 is 22.7. The Hall–Kier alpha value is -1.27. The predicted octanol–water partition coefficient (Wildman–Crippen LogP) is 2.59. The van der Waals surface area contributed by atoms with Crippen molar-refractivity contribution in [3.05, 3.63) is 28.8 Å². The molecule has 1 fully saturated rings. The summed E-state index contributed by atoms with van der Waals surface area (Å²) in [6.07, 6.45) is 2.87. The van der Waals surface area contributed by atoms with Crippen molar-refractivity contribution in [2.75, 3.05) is 23.9 Å². The minimum absolute atomic E-state index is 0.116. The second kappa shape index (κ2) is 5.85. The Morgan fingerprint density at radius 2 is 2.05 bits per heavy atom. The molecule has 1 aliphatic carbocycles. The van der Waals surface area contributed by atoms with Gasteiger partial charge in [-0.15, -0.1) is 0 Å². The number of para-hydroxylation sites is 1. The molecule has 0 radical (unpaired) electrons. The second-order valence-corrected chi connectivity index (χ2v) is 8.36. The molecule has 0 aromatic heterocycles. The van der Waals surface area contributed by atoms with E-state index in [9.17, 15) is 13.2 Å². The Morgan fingerprint density at radius 3 is 2.57 bits per heavy atom. The van der Waals surface area contributed by atoms with E-state index >= 15 is 0 Å². The number of nitrogens with one attached hydrogen (secondary N) is 2. The van der Waals surface area contributed by atoms with Crippen molar-refractivity contribution >= 4 is 33.2 Å². The van der Waals surface area contributed by atoms with Crippen LogP contribution in [0.1, 0.15) is 18.4 Å². The number of aryl methyl sites for hydroxylation is 1. The lowest BCUT2D eigenvalue weighted by Gasteiger charge is -2.16. The third kappa shape index (κ3) is 4.61. The van der Waals surface area contributed by atoms with Gasteiger partial charge in [-0.3, -0.25) is 0 Å². The summed E-state index contributed by atoms with van der Waals surface area (Å²) in [7, 11) is -3.03. The van der Waals surface area contributed by atoms with Crippen LogP contribution in [0.2, 0.25) is 5.02 Å². The quantitative estimate of drug-likeness (QED) is 0.871. The maximum Gasteiger partial charge on any atom is 0.319 e. The van der Waals surface area contributed by atoms with Crippen LogP contribution in [0.3, 0.4) is 0 Å². The number of urea groups is 1. The van der Waals surface area contributed by atoms with Gasteiger partial charge in [-0.05, 0) is 31.4 Å². The summed E-state index contributed by atoms with van der Waals surface area (Å²) in [5.41, 5.74) is 1.15. The first-order valence-electron chi connectivity index (χ1n) is 6.69. The molecule has 0 bridgehead atoms. The fourth-order valence-electron chi connectivity index (χ4n) is 2.32. The van der Waals surface area contributed by atoms with Gasteiger partial charge in [0, 0.05) is 18.2 Å². The number of amides is 2. The molecule has 1 aromatic rings. The molecule has 0 heterocycles. The molecule has 2 rings (SSSR count). The standard InChI is InChI=1S/C14H19ClN2O3S/c1-10-4-3-5-11(15)12(10)17-13(18)16-8-14(6-7-14)9-21(2,19)20/h3-5H,6-9H2,1-2H3,(H2,16,17,18). The maximum atomic E-state index is 11.9. The monoisotopic (exact) mass is 330 g/mol. The van der Waals surface area contributed by atoms with E-state index in [2.05, 4.69) is 10.6 Å². The molecule has 1 saturated carbocycles. The first kappa shape index (κ1) is 16.1. The normalized spacial score (nSPS) is 16.3. The predicted molar refractivity (Wildman–Crippen MR) is 84.6 cm³/mol. The fourth-order valence-corrected chi connectivity index (χ4v) is 4.09. The summed E-state index contributed by atoms with van der Waals surface area (Å²) in [4.78, 5) is 11.9. The molecular formula is C14H19ClN2O3S. The number of rotatable bonds is 5. The van der Waals surface area contributed by atoms with Crippen molar-refractivity contribution in [1.29, 1.82) is 0 Å². The van der Waals surface area contributed by atoms with Crippen LogP contribution in [0.25, 0.3) is 0 Å². The third-order valence-corrected chi connectivity index (χ3v) is 5.06. The Balaban J connectivity index is 1.92. The highest BCUT2D eigenvalue weighted by atomic mass is 35.5. The lowest BCUT2D eigenvalue weighted by atomic mass is 10.1. The fraction of sp³-hybridized carbons (Fsp3) is 0.500. The minimum Gasteiger partial charge on any atom is -0.337 e. The zero-order valence-corrected chi connectivity index (χ0v) is 13.6. The Morgan fingerprint density at radius 1 is 1.38 bits per heavy atom. The molecule has 2 amide bonds. The molecule has 7 heteroatoms. The van der Waals surface area contributed by atoms with E-state index < -0.39 is 9.84 Å². The van der Waals surface area contributed by atoms with E-state index in [0.717, 1.165) is 18.4 Å². The molecule has 0 atom stereocenters. The molecule has 1 aromatic carbocycles. The zero-order chi connectivity index (χ0) is 15.7. The first-order valence-corrected chi connectivity index (χ1v) is 9.12. The highest BCUT2D eigenvalue weighted by Crippen LogP contribution is 2.46. The summed E-state index contributed by atoms with van der Waals surface area (Å²) in [6.45, 7) is 2.21. The van der Waals surface area contributed by atoms with Crippen molar-refractivity contribution in [2.24, 2.45) is 5.41 Å². The highest BCUT2D eigenvalue weighted by Gasteiger charge is 2.45. The average Bonchev–Trinajstić information content (AvgIpc) is 3.09. The third-order valence-electron chi connectivity index (χ3n) is 3.61. The molecule has 0 saturated heterocycles. The zero-order valence-electron chi connectivity index (χ0n) is 12.1. The number of sulfone groups is 1. The largest absolute Gasteiger partial charge is 0.337 e. The van der Waals surface area contributed by atoms with Crippen LogP contribution in [0.15, 0.2) is 18.2 Å². The number of hydrogen-bond donors (Lipinski definition) is 2. The summed E-state index contributed by atoms with van der Waals surface area (Å²) in [5.74, 6) is 0.116. The van der Waals surface area contributed by atoms with Gasteiger partial charge in [0.25, 0.3) is 0 Å². The van der Waals surface area contributed by atoms with Crippen LogP contribution in [0.4, 0.5) is 10.5 Å². The second-order valence-electron chi connectivity index (χ2n) is 5.81. The van der Waals surface area contributed by atoms with Crippen LogP contribution >= 0.6 is 11.6 Å². The van der Waals surface area contributed by atoms with Crippen molar-refractivity contribution in [2.45, 2.75) is 19.8 Å². The highest BCUT2D eigenvalue weighted by molar-refractivity contribution is 7.90. The first-order chi connectivity index (χ1) is 9.71. The van der Waals surface area contributed by atoms with Gasteiger partial charge in [0.2, 0.25) is 0 Å². The number of benzene rings is 1. The van der Waals surface area contributed by atoms with E-state index in [1.165, 1.54) is 6.26 Å². The SMILES string of the molecule is Cc1cccc(Cl)c1NC(=O)NCC1(CS(C)(=O)=O)CC1. The Labute approximate surface area is 130 Å². The van der Waals surface area contributed by atoms with Gasteiger partial charge in [-0.25, -0.2) is 13.2 Å². The van der Waals surface area contributed by atoms with Crippen LogP contribution < -0.4 is 10.6 Å². The van der Waals surface area contributed by atoms with Gasteiger partial charge in [0.1, 0.15) is 9.84 Å². The lowest BCUT2D eigenvalue weighted by molar-refractivity contribution is 0.250. The molecule has 0 aliphatic heterocycles. The summed E-state index contributed by atoms with van der Waals surface area (Å²) in [5, 5.41) is 5.92. The van der Waals surface area contributed by atoms with E-state index in [0.29, 0.717) is 17.3 Å². The van der Waals surface area contributed by atoms with Gasteiger partial charge in [-0.2, -0.15) is 0 Å². The summed E-state index contributed by atoms with van der Waals surface area (Å²) in [6, 6.07) is 5.00. The number of carbonyl (C=O) groups is 1. The number of halogens is 1. The Bertz CT molecular complexity index is 634. The molecule has 1 aliphatic rings. The van der Waals surface area contributed by atoms with Crippen LogP contribution in [0, 0.1) is 12.3 Å². The van der Waals surface area contributed by atoms with Crippen molar-refractivity contribution < 1.29 is 13.2 Å². The van der Waals surface area contributed by atoms with E-state index in [1.807, 2.05) is 19.1 Å². The Kier molecular flexibility index (Phi) is 4.49. The molecule has 0 spiro atoms. The summed E-state index contributed by atoms with van der Waals surface area (Å²) >= 11 is 6.04. The van der Waals surface area contributed by atoms with E-state index in [4.69, 9.17) is 11.6 Å². The lowest BCUT2D eigenvalue weighted by Crippen LogP contribution is -2.36. The molecule has 5 nitrogen and oxygen atoms in total. The topological polar surface area (TPSA) is 75.3 Å². The van der Waals surface area contributed by atoms with Crippen LogP contribution in [0.5, 0.6) is 0 Å². The molecule has 2 N–H and O–H groups in total. The van der Waals surface area contributed by atoms with E-state index in [-0.39, 0.29) is 17.2 Å². The number of carbonyl (C=O) groups excluding carboxylic acids is 1. The van der Waals surface area contributed by atoms with E-state index in [1.54, 1.807) is 6.07 Å². The van der Waals surface area contributed by atoms with Gasteiger partial charge in [0.05, 0.1) is 16.5 Å². The molecule has 0 unspecified atom stereocenters. The van der Waals surface area contributed by atoms with Crippen molar-refractivity contribution in [3.63, 3.8) is 0 Å². The number of anilines is 1. The molecule has 116 valence electrons.